The second-order valence-electron chi connectivity index (χ2n) is 18.1. The molecule has 4 nitrogen and oxygen atoms in total. The molecule has 0 N–H and O–H groups in total. The molecule has 0 aliphatic carbocycles. The fourth-order valence-electron chi connectivity index (χ4n) is 12.1. The summed E-state index contributed by atoms with van der Waals surface area (Å²) in [6.45, 7) is 0. The third kappa shape index (κ3) is 4.38. The molecular formula is C62H34N4. The van der Waals surface area contributed by atoms with Crippen LogP contribution in [0.2, 0.25) is 0 Å². The monoisotopic (exact) mass is 834 g/mol. The molecule has 12 aromatic rings. The first kappa shape index (κ1) is 34.6. The normalized spacial score (nSPS) is 13.1. The quantitative estimate of drug-likeness (QED) is 0.177. The number of pyridine rings is 2. The van der Waals surface area contributed by atoms with Gasteiger partial charge in [0.15, 0.2) is 0 Å². The van der Waals surface area contributed by atoms with Gasteiger partial charge in [-0.2, -0.15) is 0 Å². The highest BCUT2D eigenvalue weighted by molar-refractivity contribution is 6.27. The van der Waals surface area contributed by atoms with Gasteiger partial charge in [-0.05, 0) is 126 Å². The summed E-state index contributed by atoms with van der Waals surface area (Å²) >= 11 is 0. The molecule has 4 aliphatic heterocycles. The molecule has 66 heavy (non-hydrogen) atoms. The highest BCUT2D eigenvalue weighted by Crippen LogP contribution is 2.61. The van der Waals surface area contributed by atoms with Gasteiger partial charge in [0.05, 0.1) is 39.8 Å². The molecule has 16 rings (SSSR count). The number of benzene rings is 10. The Kier molecular flexibility index (Phi) is 6.52. The van der Waals surface area contributed by atoms with Crippen molar-refractivity contribution in [3.05, 3.63) is 207 Å². The van der Waals surface area contributed by atoms with Crippen LogP contribution < -0.4 is 9.80 Å². The van der Waals surface area contributed by atoms with Gasteiger partial charge in [-0.15, -0.1) is 0 Å². The van der Waals surface area contributed by atoms with Gasteiger partial charge in [0.25, 0.3) is 0 Å². The van der Waals surface area contributed by atoms with E-state index < -0.39 is 0 Å². The average molecular weight is 835 g/mol. The summed E-state index contributed by atoms with van der Waals surface area (Å²) in [7, 11) is 0. The number of rotatable bonds is 3. The first-order valence-electron chi connectivity index (χ1n) is 22.7. The molecule has 0 spiro atoms. The van der Waals surface area contributed by atoms with Gasteiger partial charge in [-0.3, -0.25) is 9.97 Å². The Balaban J connectivity index is 0.843. The van der Waals surface area contributed by atoms with Gasteiger partial charge in [0.2, 0.25) is 0 Å². The van der Waals surface area contributed by atoms with Crippen molar-refractivity contribution in [3.8, 4) is 78.0 Å². The van der Waals surface area contributed by atoms with Crippen LogP contribution in [0, 0.1) is 0 Å². The lowest BCUT2D eigenvalue weighted by Gasteiger charge is -2.39. The molecule has 0 saturated heterocycles. The van der Waals surface area contributed by atoms with Crippen LogP contribution in [0.4, 0.5) is 34.1 Å². The second-order valence-corrected chi connectivity index (χ2v) is 18.1. The van der Waals surface area contributed by atoms with E-state index in [-0.39, 0.29) is 0 Å². The third-order valence-electron chi connectivity index (χ3n) is 14.8. The molecule has 302 valence electrons. The Labute approximate surface area is 379 Å². The number of aromatic nitrogens is 2. The zero-order valence-electron chi connectivity index (χ0n) is 35.4. The molecule has 0 fully saturated rings. The Morgan fingerprint density at radius 1 is 0.303 bits per heavy atom. The molecule has 0 atom stereocenters. The predicted octanol–water partition coefficient (Wildman–Crippen LogP) is 17.0. The van der Waals surface area contributed by atoms with E-state index in [1.54, 1.807) is 0 Å². The lowest BCUT2D eigenvalue weighted by molar-refractivity contribution is 1.23. The lowest BCUT2D eigenvalue weighted by Crippen LogP contribution is -2.19. The van der Waals surface area contributed by atoms with Crippen LogP contribution in [0.25, 0.3) is 121 Å². The van der Waals surface area contributed by atoms with E-state index in [0.29, 0.717) is 0 Å². The molecule has 0 radical (unpaired) electrons. The van der Waals surface area contributed by atoms with E-state index in [2.05, 4.69) is 203 Å². The number of anilines is 6. The fourth-order valence-corrected chi connectivity index (χ4v) is 12.1. The van der Waals surface area contributed by atoms with Gasteiger partial charge in [-0.1, -0.05) is 133 Å². The first-order valence-corrected chi connectivity index (χ1v) is 22.7. The molecule has 10 aromatic carbocycles. The maximum absolute atomic E-state index is 5.08. The molecule has 0 bridgehead atoms. The lowest BCUT2D eigenvalue weighted by atomic mass is 9.81. The largest absolute Gasteiger partial charge is 0.308 e. The maximum Gasteiger partial charge on any atom is 0.0949 e. The van der Waals surface area contributed by atoms with E-state index in [1.807, 2.05) is 18.6 Å². The maximum atomic E-state index is 5.08. The van der Waals surface area contributed by atoms with Crippen molar-refractivity contribution in [2.75, 3.05) is 9.80 Å². The Morgan fingerprint density at radius 2 is 0.924 bits per heavy atom. The van der Waals surface area contributed by atoms with Gasteiger partial charge in [-0.25, -0.2) is 0 Å². The van der Waals surface area contributed by atoms with E-state index in [4.69, 9.17) is 4.98 Å². The van der Waals surface area contributed by atoms with Crippen molar-refractivity contribution in [2.45, 2.75) is 0 Å². The molecule has 2 aromatic heterocycles. The molecular weight excluding hydrogens is 801 g/mol. The van der Waals surface area contributed by atoms with Crippen LogP contribution in [0.15, 0.2) is 207 Å². The molecule has 0 saturated carbocycles. The Hall–Kier alpha value is -8.86. The minimum Gasteiger partial charge on any atom is -0.308 e. The molecule has 0 unspecified atom stereocenters. The summed E-state index contributed by atoms with van der Waals surface area (Å²) in [6, 6.07) is 69.9. The Bertz CT molecular complexity index is 4170. The molecule has 6 heterocycles. The van der Waals surface area contributed by atoms with E-state index in [1.165, 1.54) is 133 Å². The van der Waals surface area contributed by atoms with Crippen molar-refractivity contribution in [1.82, 2.24) is 9.97 Å². The number of hydrogen-bond acceptors (Lipinski definition) is 4. The number of fused-ring (bicyclic) bond motifs is 10. The van der Waals surface area contributed by atoms with E-state index in [9.17, 15) is 0 Å². The second kappa shape index (κ2) is 12.4. The molecule has 0 amide bonds. The van der Waals surface area contributed by atoms with Gasteiger partial charge in [0, 0.05) is 62.4 Å². The van der Waals surface area contributed by atoms with Crippen LogP contribution >= 0.6 is 0 Å². The van der Waals surface area contributed by atoms with E-state index >= 15 is 0 Å². The van der Waals surface area contributed by atoms with E-state index in [0.717, 1.165) is 22.6 Å². The topological polar surface area (TPSA) is 32.3 Å². The van der Waals surface area contributed by atoms with Crippen LogP contribution in [0.5, 0.6) is 0 Å². The zero-order valence-corrected chi connectivity index (χ0v) is 35.4. The van der Waals surface area contributed by atoms with Crippen molar-refractivity contribution in [2.24, 2.45) is 0 Å². The summed E-state index contributed by atoms with van der Waals surface area (Å²) in [5.41, 5.74) is 24.0. The van der Waals surface area contributed by atoms with Gasteiger partial charge < -0.3 is 9.80 Å². The molecule has 4 heteroatoms. The van der Waals surface area contributed by atoms with Crippen LogP contribution in [0.1, 0.15) is 0 Å². The van der Waals surface area contributed by atoms with Crippen molar-refractivity contribution in [3.63, 3.8) is 0 Å². The predicted molar refractivity (Wildman–Crippen MR) is 274 cm³/mol. The van der Waals surface area contributed by atoms with Crippen molar-refractivity contribution >= 4 is 77.2 Å². The highest BCUT2D eigenvalue weighted by Gasteiger charge is 2.36. The summed E-state index contributed by atoms with van der Waals surface area (Å²) in [4.78, 5) is 14.7. The summed E-state index contributed by atoms with van der Waals surface area (Å²) in [6.07, 6.45) is 5.91. The van der Waals surface area contributed by atoms with Gasteiger partial charge in [0.1, 0.15) is 0 Å². The van der Waals surface area contributed by atoms with Crippen LogP contribution in [0.3, 0.4) is 0 Å². The Morgan fingerprint density at radius 3 is 1.73 bits per heavy atom. The standard InChI is InChI=1S/C62H34N4/c1-2-8-35(9-3-1)41-30-39-21-24-48-46-26-25-43(44-13-6-15-54(59(44)46)65-52-27-29-63-34-51(52)49(32-41)57(39)61(48)65)37-19-17-36(18-20-37)42-31-40-22-23-47-45-12-4-10-38-11-5-14-53(56(38)45)66-55-16-7-28-64-60(55)50(33-42)58(40)62(47)66/h1-34H. The first-order chi connectivity index (χ1) is 32.7. The SMILES string of the molecule is c1ccc(-c2cc3c4c5c(ccc4c2)-c2ccc(-c4ccc(-c6cc7c8c9c(ccc8c6)-c6cccc8cccc(c68)N9c6cccnc6-7)cc4)c4cccc(c24)N5c2ccncc2-3)cc1. The zero-order chi connectivity index (χ0) is 42.8. The molecule has 4 aliphatic rings. The van der Waals surface area contributed by atoms with Crippen LogP contribution in [-0.4, -0.2) is 9.97 Å². The summed E-state index contributed by atoms with van der Waals surface area (Å²) in [5, 5.41) is 10.0. The number of nitrogens with zero attached hydrogens (tertiary/aromatic N) is 4. The average Bonchev–Trinajstić information content (AvgIpc) is 3.38. The highest BCUT2D eigenvalue weighted by atomic mass is 15.2. The van der Waals surface area contributed by atoms with Crippen molar-refractivity contribution < 1.29 is 0 Å². The van der Waals surface area contributed by atoms with Crippen LogP contribution in [-0.2, 0) is 0 Å². The minimum absolute atomic E-state index is 1.01. The third-order valence-corrected chi connectivity index (χ3v) is 14.8. The smallest absolute Gasteiger partial charge is 0.0949 e. The van der Waals surface area contributed by atoms with Gasteiger partial charge >= 0.3 is 0 Å². The minimum atomic E-state index is 1.01. The van der Waals surface area contributed by atoms with Crippen molar-refractivity contribution in [1.29, 1.82) is 0 Å². The summed E-state index contributed by atoms with van der Waals surface area (Å²) in [5.74, 6) is 0. The summed E-state index contributed by atoms with van der Waals surface area (Å²) < 4.78 is 0. The fraction of sp³-hybridized carbons (Fsp3) is 0. The number of hydrogen-bond donors (Lipinski definition) is 0.